The highest BCUT2D eigenvalue weighted by molar-refractivity contribution is 6.31. The third-order valence-electron chi connectivity index (χ3n) is 4.13. The van der Waals surface area contributed by atoms with Crippen molar-refractivity contribution < 1.29 is 0 Å². The summed E-state index contributed by atoms with van der Waals surface area (Å²) in [7, 11) is 6.14. The van der Waals surface area contributed by atoms with Crippen molar-refractivity contribution >= 4 is 39.2 Å². The third kappa shape index (κ3) is 3.32. The molecule has 128 valence electrons. The molecule has 0 unspecified atom stereocenters. The van der Waals surface area contributed by atoms with Crippen LogP contribution in [0.2, 0.25) is 5.02 Å². The fraction of sp³-hybridized carbons (Fsp3) is 0.444. The molecule has 0 bridgehead atoms. The second kappa shape index (κ2) is 6.95. The normalized spacial score (nSPS) is 11.8. The summed E-state index contributed by atoms with van der Waals surface area (Å²) in [5.41, 5.74) is 1.90. The molecule has 3 rings (SSSR count). The maximum atomic E-state index is 6.19. The molecule has 0 saturated carbocycles. The van der Waals surface area contributed by atoms with Crippen LogP contribution in [0.4, 0.5) is 5.82 Å². The van der Waals surface area contributed by atoms with Crippen molar-refractivity contribution in [3.63, 3.8) is 0 Å². The minimum atomic E-state index is 0.722. The van der Waals surface area contributed by atoms with Crippen molar-refractivity contribution in [3.8, 4) is 0 Å². The number of likely N-dealkylation sites (N-methyl/N-ethyl adjacent to an activating group) is 1. The van der Waals surface area contributed by atoms with Gasteiger partial charge in [0.05, 0.1) is 5.52 Å². The molecule has 3 aromatic rings. The minimum Gasteiger partial charge on any atom is -0.353 e. The van der Waals surface area contributed by atoms with Crippen LogP contribution < -0.4 is 4.90 Å². The molecule has 0 aliphatic rings. The van der Waals surface area contributed by atoms with Crippen LogP contribution in [0.1, 0.15) is 13.3 Å². The van der Waals surface area contributed by atoms with E-state index in [1.807, 2.05) is 29.9 Å². The number of hydrogen-bond donors (Lipinski definition) is 0. The second-order valence-electron chi connectivity index (χ2n) is 6.45. The molecular formula is C18H24ClN5. The number of pyridine rings is 1. The van der Waals surface area contributed by atoms with Crippen molar-refractivity contribution in [3.05, 3.63) is 29.4 Å². The molecule has 6 heteroatoms. The maximum absolute atomic E-state index is 6.19. The smallest absolute Gasteiger partial charge is 0.157 e. The topological polar surface area (TPSA) is 37.2 Å². The van der Waals surface area contributed by atoms with Gasteiger partial charge in [-0.3, -0.25) is 4.68 Å². The number of rotatable bonds is 6. The van der Waals surface area contributed by atoms with Gasteiger partial charge >= 0.3 is 0 Å². The maximum Gasteiger partial charge on any atom is 0.157 e. The van der Waals surface area contributed by atoms with Crippen molar-refractivity contribution in [2.75, 3.05) is 38.6 Å². The highest BCUT2D eigenvalue weighted by Crippen LogP contribution is 2.32. The molecule has 0 atom stereocenters. The van der Waals surface area contributed by atoms with Crippen LogP contribution in [0.25, 0.3) is 21.8 Å². The predicted molar refractivity (Wildman–Crippen MR) is 102 cm³/mol. The Kier molecular flexibility index (Phi) is 4.92. The van der Waals surface area contributed by atoms with E-state index in [-0.39, 0.29) is 0 Å². The molecule has 0 amide bonds. The molecule has 1 aromatic carbocycles. The lowest BCUT2D eigenvalue weighted by atomic mass is 10.1. The van der Waals surface area contributed by atoms with E-state index in [1.54, 1.807) is 0 Å². The van der Waals surface area contributed by atoms with Crippen LogP contribution in [-0.2, 0) is 7.05 Å². The van der Waals surface area contributed by atoms with Gasteiger partial charge in [-0.2, -0.15) is 5.10 Å². The Hall–Kier alpha value is -1.85. The molecule has 0 N–H and O–H groups in total. The first-order valence-electron chi connectivity index (χ1n) is 8.32. The van der Waals surface area contributed by atoms with E-state index in [2.05, 4.69) is 42.1 Å². The fourth-order valence-corrected chi connectivity index (χ4v) is 3.15. The van der Waals surface area contributed by atoms with E-state index >= 15 is 0 Å². The van der Waals surface area contributed by atoms with Crippen LogP contribution in [0.3, 0.4) is 0 Å². The van der Waals surface area contributed by atoms with Gasteiger partial charge in [-0.15, -0.1) is 0 Å². The molecular weight excluding hydrogens is 322 g/mol. The highest BCUT2D eigenvalue weighted by atomic mass is 35.5. The largest absolute Gasteiger partial charge is 0.353 e. The SMILES string of the molecule is CCCN(CCN(C)C)c1nc2ccc(Cl)cc2c2cn(C)nc12. The Morgan fingerprint density at radius 3 is 2.62 bits per heavy atom. The number of fused-ring (bicyclic) bond motifs is 3. The predicted octanol–water partition coefficient (Wildman–Crippen LogP) is 3.55. The average molecular weight is 346 g/mol. The monoisotopic (exact) mass is 345 g/mol. The summed E-state index contributed by atoms with van der Waals surface area (Å²) in [5, 5.41) is 7.56. The first-order valence-corrected chi connectivity index (χ1v) is 8.69. The average Bonchev–Trinajstić information content (AvgIpc) is 2.92. The van der Waals surface area contributed by atoms with Gasteiger partial charge in [-0.1, -0.05) is 18.5 Å². The molecule has 5 nitrogen and oxygen atoms in total. The zero-order chi connectivity index (χ0) is 17.3. The Morgan fingerprint density at radius 1 is 1.12 bits per heavy atom. The lowest BCUT2D eigenvalue weighted by molar-refractivity contribution is 0.412. The number of aryl methyl sites for hydroxylation is 1. The van der Waals surface area contributed by atoms with E-state index in [1.165, 1.54) is 0 Å². The Labute approximate surface area is 147 Å². The first kappa shape index (κ1) is 17.0. The van der Waals surface area contributed by atoms with Crippen LogP contribution in [0.15, 0.2) is 24.4 Å². The van der Waals surface area contributed by atoms with Gasteiger partial charge in [0.2, 0.25) is 0 Å². The zero-order valence-electron chi connectivity index (χ0n) is 14.8. The molecule has 0 fully saturated rings. The van der Waals surface area contributed by atoms with Gasteiger partial charge in [0, 0.05) is 48.7 Å². The van der Waals surface area contributed by atoms with Crippen molar-refractivity contribution in [2.45, 2.75) is 13.3 Å². The standard InChI is InChI=1S/C18H24ClN5/c1-5-8-24(10-9-22(2)3)18-17-15(12-23(4)21-17)14-11-13(19)6-7-16(14)20-18/h6-7,11-12H,5,8-10H2,1-4H3. The Balaban J connectivity index is 2.18. The Morgan fingerprint density at radius 2 is 1.92 bits per heavy atom. The summed E-state index contributed by atoms with van der Waals surface area (Å²) in [5.74, 6) is 0.962. The van der Waals surface area contributed by atoms with Crippen molar-refractivity contribution in [1.29, 1.82) is 0 Å². The van der Waals surface area contributed by atoms with Crippen LogP contribution in [-0.4, -0.2) is 53.4 Å². The first-order chi connectivity index (χ1) is 11.5. The van der Waals surface area contributed by atoms with Crippen LogP contribution in [0, 0.1) is 0 Å². The van der Waals surface area contributed by atoms with Crippen molar-refractivity contribution in [2.24, 2.45) is 7.05 Å². The van der Waals surface area contributed by atoms with E-state index in [4.69, 9.17) is 16.6 Å². The molecule has 0 spiro atoms. The summed E-state index contributed by atoms with van der Waals surface area (Å²) in [6.45, 7) is 5.07. The zero-order valence-corrected chi connectivity index (χ0v) is 15.5. The number of anilines is 1. The van der Waals surface area contributed by atoms with Crippen molar-refractivity contribution in [1.82, 2.24) is 19.7 Å². The quantitative estimate of drug-likeness (QED) is 0.684. The molecule has 2 aromatic heterocycles. The van der Waals surface area contributed by atoms with Gasteiger partial charge in [-0.25, -0.2) is 4.98 Å². The summed E-state index contributed by atoms with van der Waals surface area (Å²) < 4.78 is 1.85. The van der Waals surface area contributed by atoms with Crippen LogP contribution >= 0.6 is 11.6 Å². The molecule has 24 heavy (non-hydrogen) atoms. The van der Waals surface area contributed by atoms with Gasteiger partial charge < -0.3 is 9.80 Å². The number of halogens is 1. The summed E-state index contributed by atoms with van der Waals surface area (Å²) in [6.07, 6.45) is 3.12. The molecule has 0 radical (unpaired) electrons. The van der Waals surface area contributed by atoms with E-state index in [0.29, 0.717) is 0 Å². The highest BCUT2D eigenvalue weighted by Gasteiger charge is 2.17. The van der Waals surface area contributed by atoms with Crippen LogP contribution in [0.5, 0.6) is 0 Å². The molecule has 0 saturated heterocycles. The number of nitrogens with zero attached hydrogens (tertiary/aromatic N) is 5. The van der Waals surface area contributed by atoms with E-state index in [9.17, 15) is 0 Å². The summed E-state index contributed by atoms with van der Waals surface area (Å²) in [6, 6.07) is 5.86. The van der Waals surface area contributed by atoms with E-state index in [0.717, 1.165) is 58.7 Å². The number of aromatic nitrogens is 3. The van der Waals surface area contributed by atoms with Gasteiger partial charge in [0.1, 0.15) is 5.52 Å². The van der Waals surface area contributed by atoms with Gasteiger partial charge in [-0.05, 0) is 38.7 Å². The lowest BCUT2D eigenvalue weighted by Crippen LogP contribution is -2.33. The molecule has 0 aliphatic heterocycles. The summed E-state index contributed by atoms with van der Waals surface area (Å²) in [4.78, 5) is 9.46. The van der Waals surface area contributed by atoms with E-state index < -0.39 is 0 Å². The number of benzene rings is 1. The summed E-state index contributed by atoms with van der Waals surface area (Å²) >= 11 is 6.19. The van der Waals surface area contributed by atoms with Gasteiger partial charge in [0.15, 0.2) is 5.82 Å². The van der Waals surface area contributed by atoms with Gasteiger partial charge in [0.25, 0.3) is 0 Å². The number of hydrogen-bond acceptors (Lipinski definition) is 4. The molecule has 0 aliphatic carbocycles. The Bertz CT molecular complexity index is 855. The minimum absolute atomic E-state index is 0.722. The molecule has 2 heterocycles. The third-order valence-corrected chi connectivity index (χ3v) is 4.36. The fourth-order valence-electron chi connectivity index (χ4n) is 2.97. The lowest BCUT2D eigenvalue weighted by Gasteiger charge is -2.25. The second-order valence-corrected chi connectivity index (χ2v) is 6.89.